The Balaban J connectivity index is 1.56. The van der Waals surface area contributed by atoms with Crippen LogP contribution in [0.1, 0.15) is 47.3 Å². The van der Waals surface area contributed by atoms with E-state index < -0.39 is 10.0 Å². The molecule has 0 spiro atoms. The minimum Gasteiger partial charge on any atom is -0.336 e. The van der Waals surface area contributed by atoms with Gasteiger partial charge in [-0.05, 0) is 18.9 Å². The summed E-state index contributed by atoms with van der Waals surface area (Å²) in [7, 11) is -3.34. The summed E-state index contributed by atoms with van der Waals surface area (Å²) in [5.41, 5.74) is 0.175. The van der Waals surface area contributed by atoms with Crippen LogP contribution in [0.15, 0.2) is 23.1 Å². The van der Waals surface area contributed by atoms with Gasteiger partial charge in [0, 0.05) is 44.9 Å². The van der Waals surface area contributed by atoms with Crippen LogP contribution in [0.3, 0.4) is 0 Å². The first-order valence-corrected chi connectivity index (χ1v) is 11.6. The Morgan fingerprint density at radius 3 is 2.69 bits per heavy atom. The number of nitrogens with one attached hydrogen (secondary N) is 1. The fourth-order valence-electron chi connectivity index (χ4n) is 4.08. The van der Waals surface area contributed by atoms with Crippen LogP contribution in [0.2, 0.25) is 0 Å². The van der Waals surface area contributed by atoms with Gasteiger partial charge in [0.15, 0.2) is 5.82 Å². The number of pyridine rings is 1. The summed E-state index contributed by atoms with van der Waals surface area (Å²) in [6.45, 7) is 1.93. The van der Waals surface area contributed by atoms with Gasteiger partial charge < -0.3 is 14.5 Å². The van der Waals surface area contributed by atoms with Crippen LogP contribution in [0.5, 0.6) is 0 Å². The van der Waals surface area contributed by atoms with E-state index in [0.29, 0.717) is 50.4 Å². The summed E-state index contributed by atoms with van der Waals surface area (Å²) >= 11 is 0. The van der Waals surface area contributed by atoms with Gasteiger partial charge in [-0.2, -0.15) is 4.31 Å². The first-order chi connectivity index (χ1) is 13.8. The molecule has 1 fully saturated rings. The second-order valence-electron chi connectivity index (χ2n) is 7.50. The minimum absolute atomic E-state index is 0.156. The molecule has 1 unspecified atom stereocenters. The first kappa shape index (κ1) is 19.8. The molecule has 0 aliphatic carbocycles. The molecule has 2 aliphatic rings. The maximum Gasteiger partial charge on any atom is 0.255 e. The number of nitrogens with zero attached hydrogens (tertiary/aromatic N) is 5. The van der Waals surface area contributed by atoms with Crippen LogP contribution in [0.4, 0.5) is 0 Å². The normalized spacial score (nSPS) is 20.9. The third-order valence-electron chi connectivity index (χ3n) is 5.55. The quantitative estimate of drug-likeness (QED) is 0.755. The van der Waals surface area contributed by atoms with Gasteiger partial charge in [-0.15, -0.1) is 10.2 Å². The number of carbonyl (C=O) groups is 1. The van der Waals surface area contributed by atoms with E-state index in [1.165, 1.54) is 28.9 Å². The number of amides is 1. The molecule has 2 aromatic rings. The maximum absolute atomic E-state index is 12.8. The van der Waals surface area contributed by atoms with Crippen molar-refractivity contribution in [2.75, 3.05) is 25.9 Å². The van der Waals surface area contributed by atoms with Gasteiger partial charge in [-0.3, -0.25) is 9.59 Å². The third kappa shape index (κ3) is 3.97. The summed E-state index contributed by atoms with van der Waals surface area (Å²) in [4.78, 5) is 28.3. The minimum atomic E-state index is -3.34. The number of hydrogen-bond acceptors (Lipinski definition) is 6. The molecule has 2 aliphatic heterocycles. The molecule has 11 heteroatoms. The molecule has 1 atom stereocenters. The molecule has 1 amide bonds. The lowest BCUT2D eigenvalue weighted by atomic mass is 10.0. The Bertz CT molecular complexity index is 1060. The highest BCUT2D eigenvalue weighted by atomic mass is 32.2. The number of fused-ring (bicyclic) bond motifs is 1. The standard InChI is InChI=1S/C18H24N6O4S/c1-29(27,28)24-8-3-2-4-14(24)17-21-20-15-7-9-22(10-11-23(15)17)18(26)13-5-6-16(25)19-12-13/h5-6,12,14H,2-4,7-11H2,1H3,(H,19,25). The molecule has 4 rings (SSSR count). The second kappa shape index (κ2) is 7.71. The van der Waals surface area contributed by atoms with E-state index in [0.717, 1.165) is 18.7 Å². The van der Waals surface area contributed by atoms with Gasteiger partial charge in [0.1, 0.15) is 5.82 Å². The van der Waals surface area contributed by atoms with Crippen molar-refractivity contribution in [3.63, 3.8) is 0 Å². The molecule has 4 heterocycles. The Kier molecular flexibility index (Phi) is 5.26. The Morgan fingerprint density at radius 2 is 1.97 bits per heavy atom. The first-order valence-electron chi connectivity index (χ1n) is 9.71. The molecule has 29 heavy (non-hydrogen) atoms. The molecule has 0 aromatic carbocycles. The van der Waals surface area contributed by atoms with Crippen molar-refractivity contribution < 1.29 is 13.2 Å². The number of H-pyrrole nitrogens is 1. The van der Waals surface area contributed by atoms with Gasteiger partial charge in [-0.25, -0.2) is 8.42 Å². The summed E-state index contributed by atoms with van der Waals surface area (Å²) in [5, 5.41) is 8.62. The van der Waals surface area contributed by atoms with Crippen molar-refractivity contribution >= 4 is 15.9 Å². The topological polar surface area (TPSA) is 121 Å². The average molecular weight is 420 g/mol. The number of aromatic amines is 1. The van der Waals surface area contributed by atoms with E-state index in [-0.39, 0.29) is 17.5 Å². The molecule has 1 saturated heterocycles. The van der Waals surface area contributed by atoms with E-state index in [1.807, 2.05) is 4.57 Å². The highest BCUT2D eigenvalue weighted by Gasteiger charge is 2.35. The molecule has 2 aromatic heterocycles. The SMILES string of the molecule is CS(=O)(=O)N1CCCCC1c1nnc2n1CCN(C(=O)c1ccc(=O)[nH]c1)CC2. The fraction of sp³-hybridized carbons (Fsp3) is 0.556. The van der Waals surface area contributed by atoms with Gasteiger partial charge in [0.2, 0.25) is 15.6 Å². The van der Waals surface area contributed by atoms with Crippen LogP contribution >= 0.6 is 0 Å². The lowest BCUT2D eigenvalue weighted by Crippen LogP contribution is -2.39. The molecule has 0 saturated carbocycles. The van der Waals surface area contributed by atoms with Crippen LogP contribution in [0, 0.1) is 0 Å². The zero-order chi connectivity index (χ0) is 20.6. The Labute approximate surface area is 168 Å². The molecular formula is C18H24N6O4S. The lowest BCUT2D eigenvalue weighted by molar-refractivity contribution is 0.0758. The molecule has 1 N–H and O–H groups in total. The van der Waals surface area contributed by atoms with Gasteiger partial charge >= 0.3 is 0 Å². The number of piperidine rings is 1. The number of carbonyl (C=O) groups excluding carboxylic acids is 1. The van der Waals surface area contributed by atoms with Crippen molar-refractivity contribution in [1.82, 2.24) is 29.0 Å². The number of sulfonamides is 1. The predicted octanol–water partition coefficient (Wildman–Crippen LogP) is 0.152. The molecule has 10 nitrogen and oxygen atoms in total. The zero-order valence-corrected chi connectivity index (χ0v) is 17.1. The summed E-state index contributed by atoms with van der Waals surface area (Å²) in [5.74, 6) is 1.26. The van der Waals surface area contributed by atoms with E-state index in [1.54, 1.807) is 4.90 Å². The third-order valence-corrected chi connectivity index (χ3v) is 6.84. The van der Waals surface area contributed by atoms with E-state index in [4.69, 9.17) is 0 Å². The van der Waals surface area contributed by atoms with E-state index >= 15 is 0 Å². The molecule has 0 radical (unpaired) electrons. The highest BCUT2D eigenvalue weighted by molar-refractivity contribution is 7.88. The van der Waals surface area contributed by atoms with Crippen LogP contribution in [-0.4, -0.2) is 69.2 Å². The van der Waals surface area contributed by atoms with E-state index in [2.05, 4.69) is 15.2 Å². The lowest BCUT2D eigenvalue weighted by Gasteiger charge is -2.33. The number of aromatic nitrogens is 4. The fourth-order valence-corrected chi connectivity index (χ4v) is 5.20. The average Bonchev–Trinajstić information content (AvgIpc) is 2.98. The molecule has 0 bridgehead atoms. The van der Waals surface area contributed by atoms with E-state index in [9.17, 15) is 18.0 Å². The van der Waals surface area contributed by atoms with Crippen molar-refractivity contribution in [2.45, 2.75) is 38.3 Å². The summed E-state index contributed by atoms with van der Waals surface area (Å²) < 4.78 is 28.0. The van der Waals surface area contributed by atoms with Crippen LogP contribution in [0.25, 0.3) is 0 Å². The second-order valence-corrected chi connectivity index (χ2v) is 9.43. The van der Waals surface area contributed by atoms with Crippen molar-refractivity contribution in [3.8, 4) is 0 Å². The van der Waals surface area contributed by atoms with Crippen molar-refractivity contribution in [1.29, 1.82) is 0 Å². The predicted molar refractivity (Wildman–Crippen MR) is 105 cm³/mol. The Morgan fingerprint density at radius 1 is 1.14 bits per heavy atom. The summed E-state index contributed by atoms with van der Waals surface area (Å²) in [6.07, 6.45) is 5.68. The molecular weight excluding hydrogens is 396 g/mol. The smallest absolute Gasteiger partial charge is 0.255 e. The summed E-state index contributed by atoms with van der Waals surface area (Å²) in [6, 6.07) is 2.53. The highest BCUT2D eigenvalue weighted by Crippen LogP contribution is 2.32. The van der Waals surface area contributed by atoms with Crippen molar-refractivity contribution in [3.05, 3.63) is 45.9 Å². The van der Waals surface area contributed by atoms with Crippen molar-refractivity contribution in [2.24, 2.45) is 0 Å². The largest absolute Gasteiger partial charge is 0.336 e. The zero-order valence-electron chi connectivity index (χ0n) is 16.2. The van der Waals surface area contributed by atoms with Gasteiger partial charge in [0.25, 0.3) is 5.91 Å². The van der Waals surface area contributed by atoms with Crippen LogP contribution in [-0.2, 0) is 23.0 Å². The van der Waals surface area contributed by atoms with Gasteiger partial charge in [-0.1, -0.05) is 6.42 Å². The number of rotatable bonds is 3. The Hall–Kier alpha value is -2.53. The van der Waals surface area contributed by atoms with Crippen LogP contribution < -0.4 is 5.56 Å². The number of hydrogen-bond donors (Lipinski definition) is 1. The maximum atomic E-state index is 12.8. The monoisotopic (exact) mass is 420 g/mol. The van der Waals surface area contributed by atoms with Gasteiger partial charge in [0.05, 0.1) is 17.9 Å². The molecule has 156 valence electrons.